The second kappa shape index (κ2) is 6.66. The second-order valence-electron chi connectivity index (χ2n) is 7.90. The summed E-state index contributed by atoms with van der Waals surface area (Å²) in [5.74, 6) is -2.18. The van der Waals surface area contributed by atoms with Gasteiger partial charge in [0, 0.05) is 11.3 Å². The number of imide groups is 1. The Morgan fingerprint density at radius 1 is 0.900 bits per heavy atom. The maximum atomic E-state index is 13.0. The molecule has 0 spiro atoms. The standard InChI is InChI=1S/C23H18N2O5/c26-20(24-16-8-6-12(7-9-16)23(29)30)15-2-1-3-17(11-15)25-21(27)18-13-4-5-14(10-13)19(18)22(25)28/h1-9,11,13-14,18-19H,10H2,(H,24,26)(H,29,30)/t13-,14-,18+,19+/m0/s1. The van der Waals surface area contributed by atoms with Gasteiger partial charge in [-0.1, -0.05) is 18.2 Å². The van der Waals surface area contributed by atoms with Gasteiger partial charge < -0.3 is 10.4 Å². The van der Waals surface area contributed by atoms with Crippen molar-refractivity contribution in [1.82, 2.24) is 0 Å². The second-order valence-corrected chi connectivity index (χ2v) is 7.90. The summed E-state index contributed by atoms with van der Waals surface area (Å²) >= 11 is 0. The van der Waals surface area contributed by atoms with Crippen LogP contribution in [0.15, 0.2) is 60.7 Å². The molecular formula is C23H18N2O5. The quantitative estimate of drug-likeness (QED) is 0.605. The molecule has 5 rings (SSSR count). The number of carboxylic acids is 1. The molecule has 30 heavy (non-hydrogen) atoms. The summed E-state index contributed by atoms with van der Waals surface area (Å²) in [4.78, 5) is 50.7. The summed E-state index contributed by atoms with van der Waals surface area (Å²) in [6.45, 7) is 0. The molecule has 2 aliphatic carbocycles. The Kier molecular flexibility index (Phi) is 4.06. The molecule has 2 fully saturated rings. The van der Waals surface area contributed by atoms with Gasteiger partial charge in [-0.2, -0.15) is 0 Å². The van der Waals surface area contributed by atoms with E-state index in [1.807, 2.05) is 12.2 Å². The summed E-state index contributed by atoms with van der Waals surface area (Å²) in [5.41, 5.74) is 1.26. The Morgan fingerprint density at radius 3 is 2.13 bits per heavy atom. The van der Waals surface area contributed by atoms with Crippen molar-refractivity contribution in [3.05, 3.63) is 71.8 Å². The zero-order valence-corrected chi connectivity index (χ0v) is 15.8. The Bertz CT molecular complexity index is 1090. The van der Waals surface area contributed by atoms with Crippen LogP contribution in [0.1, 0.15) is 27.1 Å². The number of hydrogen-bond acceptors (Lipinski definition) is 4. The molecule has 2 aromatic rings. The average Bonchev–Trinajstić information content (AvgIpc) is 3.42. The van der Waals surface area contributed by atoms with Gasteiger partial charge in [0.25, 0.3) is 5.91 Å². The lowest BCUT2D eigenvalue weighted by Gasteiger charge is -2.18. The maximum Gasteiger partial charge on any atom is 0.335 e. The number of allylic oxidation sites excluding steroid dienone is 2. The lowest BCUT2D eigenvalue weighted by Crippen LogP contribution is -2.33. The minimum absolute atomic E-state index is 0.120. The molecule has 150 valence electrons. The molecule has 0 radical (unpaired) electrons. The van der Waals surface area contributed by atoms with Crippen LogP contribution in [0.4, 0.5) is 11.4 Å². The lowest BCUT2D eigenvalue weighted by molar-refractivity contribution is -0.123. The number of nitrogens with one attached hydrogen (secondary N) is 1. The highest BCUT2D eigenvalue weighted by Gasteiger charge is 2.59. The number of amides is 3. The number of carbonyl (C=O) groups excluding carboxylic acids is 3. The fraction of sp³-hybridized carbons (Fsp3) is 0.217. The average molecular weight is 402 g/mol. The minimum atomic E-state index is -1.05. The van der Waals surface area contributed by atoms with Crippen molar-refractivity contribution in [3.63, 3.8) is 0 Å². The predicted molar refractivity (Wildman–Crippen MR) is 108 cm³/mol. The van der Waals surface area contributed by atoms with Crippen molar-refractivity contribution in [2.45, 2.75) is 6.42 Å². The molecule has 0 aromatic heterocycles. The topological polar surface area (TPSA) is 104 Å². The highest BCUT2D eigenvalue weighted by molar-refractivity contribution is 6.23. The van der Waals surface area contributed by atoms with E-state index in [1.54, 1.807) is 18.2 Å². The summed E-state index contributed by atoms with van der Waals surface area (Å²) in [7, 11) is 0. The molecule has 3 aliphatic rings. The highest BCUT2D eigenvalue weighted by atomic mass is 16.4. The van der Waals surface area contributed by atoms with Gasteiger partial charge in [0.05, 0.1) is 23.1 Å². The van der Waals surface area contributed by atoms with E-state index in [0.29, 0.717) is 16.9 Å². The molecule has 2 aromatic carbocycles. The van der Waals surface area contributed by atoms with Crippen LogP contribution in [0.25, 0.3) is 0 Å². The molecule has 1 saturated carbocycles. The van der Waals surface area contributed by atoms with E-state index in [0.717, 1.165) is 6.42 Å². The molecule has 3 amide bonds. The Balaban J connectivity index is 1.37. The summed E-state index contributed by atoms with van der Waals surface area (Å²) in [5, 5.41) is 11.7. The third kappa shape index (κ3) is 2.74. The number of anilines is 2. The summed E-state index contributed by atoms with van der Waals surface area (Å²) in [6.07, 6.45) is 4.95. The van der Waals surface area contributed by atoms with E-state index in [1.165, 1.54) is 35.2 Å². The first kappa shape index (κ1) is 18.3. The van der Waals surface area contributed by atoms with E-state index >= 15 is 0 Å². The molecule has 1 aliphatic heterocycles. The van der Waals surface area contributed by atoms with E-state index in [4.69, 9.17) is 5.11 Å². The van der Waals surface area contributed by atoms with E-state index < -0.39 is 11.9 Å². The largest absolute Gasteiger partial charge is 0.478 e. The monoisotopic (exact) mass is 402 g/mol. The van der Waals surface area contributed by atoms with Crippen molar-refractivity contribution in [1.29, 1.82) is 0 Å². The number of carbonyl (C=O) groups is 4. The van der Waals surface area contributed by atoms with E-state index in [9.17, 15) is 19.2 Å². The van der Waals surface area contributed by atoms with Gasteiger partial charge in [-0.25, -0.2) is 9.69 Å². The van der Waals surface area contributed by atoms with E-state index in [-0.39, 0.29) is 41.0 Å². The fourth-order valence-corrected chi connectivity index (χ4v) is 4.84. The number of benzene rings is 2. The van der Waals surface area contributed by atoms with Crippen molar-refractivity contribution < 1.29 is 24.3 Å². The zero-order chi connectivity index (χ0) is 21.0. The van der Waals surface area contributed by atoms with Gasteiger partial charge in [0.1, 0.15) is 0 Å². The van der Waals surface area contributed by atoms with Crippen LogP contribution >= 0.6 is 0 Å². The Hall–Kier alpha value is -3.74. The number of hydrogen-bond donors (Lipinski definition) is 2. The first-order valence-electron chi connectivity index (χ1n) is 9.75. The van der Waals surface area contributed by atoms with Crippen LogP contribution < -0.4 is 10.2 Å². The molecule has 0 unspecified atom stereocenters. The van der Waals surface area contributed by atoms with Crippen LogP contribution in [0.5, 0.6) is 0 Å². The third-order valence-corrected chi connectivity index (χ3v) is 6.23. The normalized spacial score (nSPS) is 26.2. The van der Waals surface area contributed by atoms with Gasteiger partial charge in [0.15, 0.2) is 0 Å². The lowest BCUT2D eigenvalue weighted by atomic mass is 9.85. The van der Waals surface area contributed by atoms with E-state index in [2.05, 4.69) is 5.32 Å². The van der Waals surface area contributed by atoms with Gasteiger partial charge >= 0.3 is 5.97 Å². The molecule has 2 N–H and O–H groups in total. The summed E-state index contributed by atoms with van der Waals surface area (Å²) < 4.78 is 0. The smallest absolute Gasteiger partial charge is 0.335 e. The van der Waals surface area contributed by atoms with Crippen LogP contribution in [0.2, 0.25) is 0 Å². The molecule has 1 heterocycles. The van der Waals surface area contributed by atoms with Crippen molar-refractivity contribution in [3.8, 4) is 0 Å². The highest BCUT2D eigenvalue weighted by Crippen LogP contribution is 2.53. The molecule has 1 saturated heterocycles. The molecule has 4 atom stereocenters. The number of nitrogens with zero attached hydrogens (tertiary/aromatic N) is 1. The van der Waals surface area contributed by atoms with Gasteiger partial charge in [-0.15, -0.1) is 0 Å². The van der Waals surface area contributed by atoms with Gasteiger partial charge in [-0.05, 0) is 60.7 Å². The minimum Gasteiger partial charge on any atom is -0.478 e. The van der Waals surface area contributed by atoms with Crippen molar-refractivity contribution in [2.75, 3.05) is 10.2 Å². The number of rotatable bonds is 4. The third-order valence-electron chi connectivity index (χ3n) is 6.23. The molecule has 7 nitrogen and oxygen atoms in total. The van der Waals surface area contributed by atoms with Crippen LogP contribution in [-0.2, 0) is 9.59 Å². The summed E-state index contributed by atoms with van der Waals surface area (Å²) in [6, 6.07) is 12.2. The molecular weight excluding hydrogens is 384 g/mol. The fourth-order valence-electron chi connectivity index (χ4n) is 4.84. The van der Waals surface area contributed by atoms with Crippen LogP contribution in [0, 0.1) is 23.7 Å². The number of aromatic carboxylic acids is 1. The Morgan fingerprint density at radius 2 is 1.53 bits per heavy atom. The Labute approximate surface area is 172 Å². The zero-order valence-electron chi connectivity index (χ0n) is 15.8. The van der Waals surface area contributed by atoms with Gasteiger partial charge in [-0.3, -0.25) is 14.4 Å². The number of carboxylic acid groups (broad SMARTS) is 1. The predicted octanol–water partition coefficient (Wildman–Crippen LogP) is 2.95. The van der Waals surface area contributed by atoms with Crippen LogP contribution in [0.3, 0.4) is 0 Å². The van der Waals surface area contributed by atoms with Gasteiger partial charge in [0.2, 0.25) is 11.8 Å². The molecule has 2 bridgehead atoms. The maximum absolute atomic E-state index is 13.0. The first-order valence-corrected chi connectivity index (χ1v) is 9.75. The molecule has 7 heteroatoms. The number of fused-ring (bicyclic) bond motifs is 5. The first-order chi connectivity index (χ1) is 14.4. The van der Waals surface area contributed by atoms with Crippen molar-refractivity contribution >= 4 is 35.1 Å². The SMILES string of the molecule is O=C(O)c1ccc(NC(=O)c2cccc(N3C(=O)[C@H]4[C@H](C3=O)[C@H]3C=C[C@H]4C3)c2)cc1. The van der Waals surface area contributed by atoms with Crippen molar-refractivity contribution in [2.24, 2.45) is 23.7 Å². The van der Waals surface area contributed by atoms with Crippen LogP contribution in [-0.4, -0.2) is 28.8 Å².